The second-order valence-electron chi connectivity index (χ2n) is 4.71. The van der Waals surface area contributed by atoms with Crippen molar-refractivity contribution in [3.8, 4) is 6.07 Å². The van der Waals surface area contributed by atoms with Gasteiger partial charge in [0, 0.05) is 39.3 Å². The molecule has 1 heterocycles. The Labute approximate surface area is 109 Å². The standard InChI is InChI=1S/C14H20N4/c1-16-10-13-6-12(9-15)7-14(8-13)11-18-4-2-17-3-5-18/h6-8,16-17H,2-5,10-11H2,1H3. The molecule has 1 aromatic carbocycles. The Bertz CT molecular complexity index is 430. The van der Waals surface area contributed by atoms with Crippen LogP contribution >= 0.6 is 0 Å². The Kier molecular flexibility index (Phi) is 4.71. The molecular weight excluding hydrogens is 224 g/mol. The lowest BCUT2D eigenvalue weighted by Gasteiger charge is -2.27. The molecule has 0 aliphatic carbocycles. The fourth-order valence-electron chi connectivity index (χ4n) is 2.35. The summed E-state index contributed by atoms with van der Waals surface area (Å²) in [6, 6.07) is 8.40. The summed E-state index contributed by atoms with van der Waals surface area (Å²) in [5.41, 5.74) is 3.18. The van der Waals surface area contributed by atoms with Crippen molar-refractivity contribution in [3.05, 3.63) is 34.9 Å². The molecule has 2 N–H and O–H groups in total. The van der Waals surface area contributed by atoms with Gasteiger partial charge in [0.25, 0.3) is 0 Å². The van der Waals surface area contributed by atoms with E-state index in [0.717, 1.165) is 44.8 Å². The Morgan fingerprint density at radius 1 is 1.28 bits per heavy atom. The van der Waals surface area contributed by atoms with Crippen LogP contribution in [0.25, 0.3) is 0 Å². The van der Waals surface area contributed by atoms with Crippen LogP contribution in [0, 0.1) is 11.3 Å². The first-order valence-electron chi connectivity index (χ1n) is 6.42. The average Bonchev–Trinajstić information content (AvgIpc) is 2.40. The molecule has 0 radical (unpaired) electrons. The molecule has 0 spiro atoms. The third kappa shape index (κ3) is 3.54. The molecule has 96 valence electrons. The molecule has 4 nitrogen and oxygen atoms in total. The molecule has 1 aliphatic rings. The minimum Gasteiger partial charge on any atom is -0.316 e. The largest absolute Gasteiger partial charge is 0.316 e. The minimum atomic E-state index is 0.757. The van der Waals surface area contributed by atoms with Crippen molar-refractivity contribution < 1.29 is 0 Å². The zero-order valence-corrected chi connectivity index (χ0v) is 10.9. The van der Waals surface area contributed by atoms with Crippen molar-refractivity contribution in [2.75, 3.05) is 33.2 Å². The van der Waals surface area contributed by atoms with E-state index in [-0.39, 0.29) is 0 Å². The van der Waals surface area contributed by atoms with Crippen LogP contribution in [0.5, 0.6) is 0 Å². The summed E-state index contributed by atoms with van der Waals surface area (Å²) in [5.74, 6) is 0. The SMILES string of the molecule is CNCc1cc(C#N)cc(CN2CCNCC2)c1. The first-order valence-corrected chi connectivity index (χ1v) is 6.42. The van der Waals surface area contributed by atoms with E-state index >= 15 is 0 Å². The van der Waals surface area contributed by atoms with Crippen molar-refractivity contribution in [1.29, 1.82) is 5.26 Å². The number of piperazine rings is 1. The van der Waals surface area contributed by atoms with E-state index in [1.54, 1.807) is 0 Å². The Balaban J connectivity index is 2.10. The van der Waals surface area contributed by atoms with Crippen LogP contribution in [-0.4, -0.2) is 38.1 Å². The smallest absolute Gasteiger partial charge is 0.0991 e. The molecule has 0 bridgehead atoms. The van der Waals surface area contributed by atoms with Gasteiger partial charge in [-0.3, -0.25) is 4.90 Å². The summed E-state index contributed by atoms with van der Waals surface area (Å²) in [6.07, 6.45) is 0. The predicted molar refractivity (Wildman–Crippen MR) is 72.1 cm³/mol. The molecule has 0 aromatic heterocycles. The number of nitrogens with zero attached hydrogens (tertiary/aromatic N) is 2. The van der Waals surface area contributed by atoms with Gasteiger partial charge < -0.3 is 10.6 Å². The summed E-state index contributed by atoms with van der Waals surface area (Å²) >= 11 is 0. The van der Waals surface area contributed by atoms with Crippen molar-refractivity contribution in [2.45, 2.75) is 13.1 Å². The maximum Gasteiger partial charge on any atom is 0.0991 e. The first kappa shape index (κ1) is 13.0. The lowest BCUT2D eigenvalue weighted by atomic mass is 10.1. The molecule has 1 saturated heterocycles. The normalized spacial score (nSPS) is 16.4. The van der Waals surface area contributed by atoms with Gasteiger partial charge >= 0.3 is 0 Å². The molecule has 0 unspecified atom stereocenters. The van der Waals surface area contributed by atoms with Crippen molar-refractivity contribution in [1.82, 2.24) is 15.5 Å². The highest BCUT2D eigenvalue weighted by Gasteiger charge is 2.10. The zero-order chi connectivity index (χ0) is 12.8. The van der Waals surface area contributed by atoms with Crippen LogP contribution in [0.4, 0.5) is 0 Å². The van der Waals surface area contributed by atoms with Crippen LogP contribution in [0.15, 0.2) is 18.2 Å². The lowest BCUT2D eigenvalue weighted by molar-refractivity contribution is 0.233. The van der Waals surface area contributed by atoms with Gasteiger partial charge in [-0.15, -0.1) is 0 Å². The van der Waals surface area contributed by atoms with Crippen LogP contribution in [-0.2, 0) is 13.1 Å². The predicted octanol–water partition coefficient (Wildman–Crippen LogP) is 0.683. The number of hydrogen-bond acceptors (Lipinski definition) is 4. The van der Waals surface area contributed by atoms with E-state index in [4.69, 9.17) is 5.26 Å². The second-order valence-corrected chi connectivity index (χ2v) is 4.71. The Hall–Kier alpha value is -1.41. The molecular formula is C14H20N4. The van der Waals surface area contributed by atoms with Gasteiger partial charge in [0.05, 0.1) is 11.6 Å². The molecule has 18 heavy (non-hydrogen) atoms. The van der Waals surface area contributed by atoms with E-state index in [9.17, 15) is 0 Å². The van der Waals surface area contributed by atoms with Crippen LogP contribution in [0.1, 0.15) is 16.7 Å². The van der Waals surface area contributed by atoms with E-state index in [1.807, 2.05) is 19.2 Å². The van der Waals surface area contributed by atoms with E-state index in [0.29, 0.717) is 0 Å². The lowest BCUT2D eigenvalue weighted by Crippen LogP contribution is -2.42. The number of nitriles is 1. The summed E-state index contributed by atoms with van der Waals surface area (Å²) in [4.78, 5) is 2.43. The Morgan fingerprint density at radius 3 is 2.67 bits per heavy atom. The van der Waals surface area contributed by atoms with Gasteiger partial charge in [-0.2, -0.15) is 5.26 Å². The maximum atomic E-state index is 9.07. The summed E-state index contributed by atoms with van der Waals surface area (Å²) in [7, 11) is 1.93. The zero-order valence-electron chi connectivity index (χ0n) is 10.9. The van der Waals surface area contributed by atoms with Crippen molar-refractivity contribution >= 4 is 0 Å². The first-order chi connectivity index (χ1) is 8.81. The highest BCUT2D eigenvalue weighted by atomic mass is 15.2. The third-order valence-electron chi connectivity index (χ3n) is 3.18. The fraction of sp³-hybridized carbons (Fsp3) is 0.500. The van der Waals surface area contributed by atoms with Crippen molar-refractivity contribution in [3.63, 3.8) is 0 Å². The molecule has 1 aromatic rings. The summed E-state index contributed by atoms with van der Waals surface area (Å²) in [5, 5.41) is 15.6. The van der Waals surface area contributed by atoms with Crippen LogP contribution < -0.4 is 10.6 Å². The fourth-order valence-corrected chi connectivity index (χ4v) is 2.35. The highest BCUT2D eigenvalue weighted by Crippen LogP contribution is 2.12. The van der Waals surface area contributed by atoms with Crippen LogP contribution in [0.3, 0.4) is 0 Å². The van der Waals surface area contributed by atoms with Gasteiger partial charge in [-0.1, -0.05) is 6.07 Å². The molecule has 1 fully saturated rings. The Morgan fingerprint density at radius 2 is 2.00 bits per heavy atom. The number of hydrogen-bond donors (Lipinski definition) is 2. The summed E-state index contributed by atoms with van der Waals surface area (Å²) in [6.45, 7) is 6.02. The second kappa shape index (κ2) is 6.50. The number of benzene rings is 1. The molecule has 0 saturated carbocycles. The van der Waals surface area contributed by atoms with Gasteiger partial charge in [0.1, 0.15) is 0 Å². The van der Waals surface area contributed by atoms with E-state index in [1.165, 1.54) is 11.1 Å². The average molecular weight is 244 g/mol. The monoisotopic (exact) mass is 244 g/mol. The highest BCUT2D eigenvalue weighted by molar-refractivity contribution is 5.37. The molecule has 2 rings (SSSR count). The maximum absolute atomic E-state index is 9.07. The van der Waals surface area contributed by atoms with E-state index < -0.39 is 0 Å². The van der Waals surface area contributed by atoms with Gasteiger partial charge in [-0.25, -0.2) is 0 Å². The van der Waals surface area contributed by atoms with Crippen LogP contribution in [0.2, 0.25) is 0 Å². The van der Waals surface area contributed by atoms with Gasteiger partial charge in [0.15, 0.2) is 0 Å². The molecule has 0 amide bonds. The van der Waals surface area contributed by atoms with Gasteiger partial charge in [0.2, 0.25) is 0 Å². The molecule has 4 heteroatoms. The number of nitrogens with one attached hydrogen (secondary N) is 2. The molecule has 0 atom stereocenters. The van der Waals surface area contributed by atoms with E-state index in [2.05, 4.69) is 27.7 Å². The van der Waals surface area contributed by atoms with Gasteiger partial charge in [-0.05, 0) is 30.3 Å². The van der Waals surface area contributed by atoms with Crippen molar-refractivity contribution in [2.24, 2.45) is 0 Å². The molecule has 1 aliphatic heterocycles. The third-order valence-corrected chi connectivity index (χ3v) is 3.18. The quantitative estimate of drug-likeness (QED) is 0.818. The summed E-state index contributed by atoms with van der Waals surface area (Å²) < 4.78 is 0. The minimum absolute atomic E-state index is 0.757. The number of rotatable bonds is 4. The topological polar surface area (TPSA) is 51.1 Å².